The molecule has 0 saturated carbocycles. The number of hydrogen-bond donors (Lipinski definition) is 3. The van der Waals surface area contributed by atoms with Gasteiger partial charge in [0, 0.05) is 11.6 Å². The first-order chi connectivity index (χ1) is 6.43. The minimum absolute atomic E-state index is 0.0342. The molecule has 6 heteroatoms. The fraction of sp³-hybridized carbons (Fsp3) is 0.125. The summed E-state index contributed by atoms with van der Waals surface area (Å²) >= 11 is 11.2. The fourth-order valence-electron chi connectivity index (χ4n) is 0.934. The zero-order chi connectivity index (χ0) is 10.9. The third-order valence-electron chi connectivity index (χ3n) is 1.67. The first-order valence-electron chi connectivity index (χ1n) is 3.59. The number of carboxylic acid groups (broad SMARTS) is 1. The summed E-state index contributed by atoms with van der Waals surface area (Å²) in [6, 6.07) is 1.07. The number of benzene rings is 1. The number of aliphatic carboxylic acids is 1. The van der Waals surface area contributed by atoms with Crippen LogP contribution in [-0.4, -0.2) is 16.2 Å². The lowest BCUT2D eigenvalue weighted by molar-refractivity contribution is -0.138. The standard InChI is InChI=1S/C8H7Cl2NO3/c9-4-1-3(7(11)8(13)14)6(12)2-5(4)10/h1-2,7,12H,11H2,(H,13,14)/t7-/m0/s1. The Labute approximate surface area is 89.9 Å². The molecule has 0 bridgehead atoms. The quantitative estimate of drug-likeness (QED) is 0.730. The molecule has 1 rings (SSSR count). The van der Waals surface area contributed by atoms with Crippen LogP contribution in [0.1, 0.15) is 11.6 Å². The topological polar surface area (TPSA) is 83.6 Å². The van der Waals surface area contributed by atoms with Crippen molar-refractivity contribution in [3.8, 4) is 5.75 Å². The Bertz CT molecular complexity index is 381. The van der Waals surface area contributed by atoms with E-state index in [4.69, 9.17) is 34.0 Å². The van der Waals surface area contributed by atoms with Gasteiger partial charge in [-0.25, -0.2) is 0 Å². The summed E-state index contributed by atoms with van der Waals surface area (Å²) in [5.74, 6) is -1.53. The van der Waals surface area contributed by atoms with E-state index in [-0.39, 0.29) is 21.4 Å². The monoisotopic (exact) mass is 235 g/mol. The van der Waals surface area contributed by atoms with Crippen molar-refractivity contribution in [2.45, 2.75) is 6.04 Å². The highest BCUT2D eigenvalue weighted by Gasteiger charge is 2.19. The second-order valence-electron chi connectivity index (χ2n) is 2.64. The second kappa shape index (κ2) is 4.04. The molecule has 0 fully saturated rings. The Kier molecular flexibility index (Phi) is 3.21. The van der Waals surface area contributed by atoms with Crippen molar-refractivity contribution in [2.75, 3.05) is 0 Å². The summed E-state index contributed by atoms with van der Waals surface area (Å²) in [6.45, 7) is 0. The Balaban J connectivity index is 3.22. The van der Waals surface area contributed by atoms with Crippen molar-refractivity contribution >= 4 is 29.2 Å². The maximum absolute atomic E-state index is 10.5. The van der Waals surface area contributed by atoms with Gasteiger partial charge in [-0.05, 0) is 6.07 Å². The second-order valence-corrected chi connectivity index (χ2v) is 3.46. The van der Waals surface area contributed by atoms with E-state index < -0.39 is 12.0 Å². The first-order valence-corrected chi connectivity index (χ1v) is 4.35. The third-order valence-corrected chi connectivity index (χ3v) is 2.39. The molecule has 0 heterocycles. The van der Waals surface area contributed by atoms with Crippen LogP contribution in [-0.2, 0) is 4.79 Å². The van der Waals surface area contributed by atoms with Gasteiger partial charge in [-0.2, -0.15) is 0 Å². The number of carboxylic acids is 1. The van der Waals surface area contributed by atoms with Gasteiger partial charge in [0.25, 0.3) is 0 Å². The third kappa shape index (κ3) is 2.09. The van der Waals surface area contributed by atoms with Gasteiger partial charge in [-0.15, -0.1) is 0 Å². The highest BCUT2D eigenvalue weighted by Crippen LogP contribution is 2.32. The smallest absolute Gasteiger partial charge is 0.325 e. The summed E-state index contributed by atoms with van der Waals surface area (Å²) in [4.78, 5) is 10.5. The van der Waals surface area contributed by atoms with Crippen LogP contribution in [0.4, 0.5) is 0 Å². The van der Waals surface area contributed by atoms with E-state index in [0.717, 1.165) is 6.07 Å². The molecule has 4 N–H and O–H groups in total. The van der Waals surface area contributed by atoms with Crippen molar-refractivity contribution in [1.82, 2.24) is 0 Å². The molecule has 0 aliphatic rings. The van der Waals surface area contributed by atoms with Gasteiger partial charge in [-0.1, -0.05) is 23.2 Å². The number of halogens is 2. The van der Waals surface area contributed by atoms with Crippen LogP contribution in [0.5, 0.6) is 5.75 Å². The normalized spacial score (nSPS) is 12.5. The maximum Gasteiger partial charge on any atom is 0.325 e. The fourth-order valence-corrected chi connectivity index (χ4v) is 1.26. The predicted octanol–water partition coefficient (Wildman–Crippen LogP) is 1.78. The van der Waals surface area contributed by atoms with E-state index in [9.17, 15) is 9.90 Å². The van der Waals surface area contributed by atoms with Crippen LogP contribution in [0.2, 0.25) is 10.0 Å². The summed E-state index contributed by atoms with van der Waals surface area (Å²) in [5.41, 5.74) is 5.33. The molecule has 0 spiro atoms. The van der Waals surface area contributed by atoms with Crippen LogP contribution in [0.25, 0.3) is 0 Å². The van der Waals surface area contributed by atoms with Crippen LogP contribution in [0.3, 0.4) is 0 Å². The van der Waals surface area contributed by atoms with Crippen molar-refractivity contribution in [3.05, 3.63) is 27.7 Å². The molecule has 0 saturated heterocycles. The van der Waals surface area contributed by atoms with E-state index >= 15 is 0 Å². The summed E-state index contributed by atoms with van der Waals surface area (Å²) in [7, 11) is 0. The van der Waals surface area contributed by atoms with Gasteiger partial charge in [0.1, 0.15) is 11.8 Å². The number of phenols is 1. The van der Waals surface area contributed by atoms with Gasteiger partial charge < -0.3 is 15.9 Å². The molecule has 14 heavy (non-hydrogen) atoms. The minimum Gasteiger partial charge on any atom is -0.508 e. The largest absolute Gasteiger partial charge is 0.508 e. The Morgan fingerprint density at radius 3 is 2.36 bits per heavy atom. The van der Waals surface area contributed by atoms with Crippen molar-refractivity contribution < 1.29 is 15.0 Å². The molecular weight excluding hydrogens is 229 g/mol. The van der Waals surface area contributed by atoms with E-state index in [0.29, 0.717) is 0 Å². The first kappa shape index (κ1) is 11.1. The van der Waals surface area contributed by atoms with E-state index in [2.05, 4.69) is 0 Å². The SMILES string of the molecule is N[C@H](C(=O)O)c1cc(Cl)c(Cl)cc1O. The molecule has 0 amide bonds. The average molecular weight is 236 g/mol. The summed E-state index contributed by atoms with van der Waals surface area (Å²) in [6.07, 6.45) is 0. The van der Waals surface area contributed by atoms with Crippen molar-refractivity contribution in [1.29, 1.82) is 0 Å². The Morgan fingerprint density at radius 1 is 1.36 bits per heavy atom. The molecule has 0 aliphatic carbocycles. The van der Waals surface area contributed by atoms with Gasteiger partial charge in [0.05, 0.1) is 10.0 Å². The van der Waals surface area contributed by atoms with Gasteiger partial charge in [-0.3, -0.25) is 4.79 Å². The van der Waals surface area contributed by atoms with Gasteiger partial charge in [0.2, 0.25) is 0 Å². The summed E-state index contributed by atoms with van der Waals surface area (Å²) < 4.78 is 0. The number of rotatable bonds is 2. The number of carbonyl (C=O) groups is 1. The number of phenolic OH excluding ortho intramolecular Hbond substituents is 1. The van der Waals surface area contributed by atoms with Crippen LogP contribution in [0.15, 0.2) is 12.1 Å². The van der Waals surface area contributed by atoms with E-state index in [1.807, 2.05) is 0 Å². The Hall–Kier alpha value is -0.970. The molecule has 1 aromatic carbocycles. The van der Waals surface area contributed by atoms with E-state index in [1.54, 1.807) is 0 Å². The molecule has 0 unspecified atom stereocenters. The molecular formula is C8H7Cl2NO3. The minimum atomic E-state index is -1.32. The molecule has 0 radical (unpaired) electrons. The van der Waals surface area contributed by atoms with Crippen LogP contribution in [0, 0.1) is 0 Å². The lowest BCUT2D eigenvalue weighted by atomic mass is 10.1. The van der Waals surface area contributed by atoms with Crippen molar-refractivity contribution in [2.24, 2.45) is 5.73 Å². The highest BCUT2D eigenvalue weighted by atomic mass is 35.5. The average Bonchev–Trinajstić information content (AvgIpc) is 2.10. The zero-order valence-corrected chi connectivity index (χ0v) is 8.38. The molecule has 0 aliphatic heterocycles. The lowest BCUT2D eigenvalue weighted by Crippen LogP contribution is -2.20. The Morgan fingerprint density at radius 2 is 1.86 bits per heavy atom. The molecule has 1 atom stereocenters. The lowest BCUT2D eigenvalue weighted by Gasteiger charge is -2.10. The van der Waals surface area contributed by atoms with Gasteiger partial charge in [0.15, 0.2) is 0 Å². The number of nitrogens with two attached hydrogens (primary N) is 1. The summed E-state index contributed by atoms with van der Waals surface area (Å²) in [5, 5.41) is 18.2. The zero-order valence-electron chi connectivity index (χ0n) is 6.87. The maximum atomic E-state index is 10.5. The predicted molar refractivity (Wildman–Crippen MR) is 52.7 cm³/mol. The van der Waals surface area contributed by atoms with Crippen LogP contribution < -0.4 is 5.73 Å². The van der Waals surface area contributed by atoms with Gasteiger partial charge >= 0.3 is 5.97 Å². The molecule has 76 valence electrons. The highest BCUT2D eigenvalue weighted by molar-refractivity contribution is 6.42. The van der Waals surface area contributed by atoms with Crippen molar-refractivity contribution in [3.63, 3.8) is 0 Å². The van der Waals surface area contributed by atoms with E-state index in [1.165, 1.54) is 6.07 Å². The van der Waals surface area contributed by atoms with Crippen LogP contribution >= 0.6 is 23.2 Å². The number of hydrogen-bond acceptors (Lipinski definition) is 3. The number of aromatic hydroxyl groups is 1. The molecule has 0 aromatic heterocycles. The molecule has 1 aromatic rings. The molecule has 4 nitrogen and oxygen atoms in total.